The first-order valence-electron chi connectivity index (χ1n) is 4.92. The van der Waals surface area contributed by atoms with Gasteiger partial charge in [-0.2, -0.15) is 5.10 Å². The number of aryl methyl sites for hydroxylation is 1. The van der Waals surface area contributed by atoms with Crippen LogP contribution in [-0.2, 0) is 0 Å². The van der Waals surface area contributed by atoms with Crippen molar-refractivity contribution in [1.82, 2.24) is 14.6 Å². The second-order valence-electron chi connectivity index (χ2n) is 3.60. The van der Waals surface area contributed by atoms with Crippen LogP contribution >= 0.6 is 27.3 Å². The molecule has 0 aliphatic rings. The summed E-state index contributed by atoms with van der Waals surface area (Å²) in [7, 11) is 0. The number of halogens is 2. The Balaban J connectivity index is 2.16. The predicted octanol–water partition coefficient (Wildman–Crippen LogP) is 3.67. The molecule has 0 saturated carbocycles. The fourth-order valence-electron chi connectivity index (χ4n) is 1.63. The van der Waals surface area contributed by atoms with Crippen molar-refractivity contribution in [2.45, 2.75) is 6.92 Å². The molecule has 3 aromatic rings. The number of nitrogens with zero attached hydrogens (tertiary/aromatic N) is 3. The molecule has 0 atom stereocenters. The molecule has 0 spiro atoms. The molecular weight excluding hydrogens is 305 g/mol. The zero-order valence-electron chi connectivity index (χ0n) is 8.82. The Labute approximate surface area is 109 Å². The first-order valence-corrected chi connectivity index (χ1v) is 6.53. The van der Waals surface area contributed by atoms with Crippen molar-refractivity contribution >= 4 is 32.2 Å². The van der Waals surface area contributed by atoms with E-state index in [9.17, 15) is 4.39 Å². The quantitative estimate of drug-likeness (QED) is 0.686. The van der Waals surface area contributed by atoms with Crippen molar-refractivity contribution in [2.75, 3.05) is 0 Å². The molecule has 0 amide bonds. The lowest BCUT2D eigenvalue weighted by molar-refractivity contribution is 0.627. The highest BCUT2D eigenvalue weighted by molar-refractivity contribution is 9.10. The van der Waals surface area contributed by atoms with E-state index in [0.29, 0.717) is 4.47 Å². The minimum Gasteiger partial charge on any atom is -0.217 e. The summed E-state index contributed by atoms with van der Waals surface area (Å²) in [4.78, 5) is 5.30. The number of imidazole rings is 1. The van der Waals surface area contributed by atoms with Crippen molar-refractivity contribution in [3.05, 3.63) is 39.7 Å². The summed E-state index contributed by atoms with van der Waals surface area (Å²) in [5, 5.41) is 5.26. The van der Waals surface area contributed by atoms with E-state index >= 15 is 0 Å². The molecule has 0 fully saturated rings. The van der Waals surface area contributed by atoms with Crippen LogP contribution < -0.4 is 0 Å². The van der Waals surface area contributed by atoms with Crippen LogP contribution in [0.2, 0.25) is 0 Å². The van der Waals surface area contributed by atoms with E-state index in [1.807, 2.05) is 13.1 Å². The fraction of sp³-hybridized carbons (Fsp3) is 0.0909. The van der Waals surface area contributed by atoms with Gasteiger partial charge in [-0.15, -0.1) is 0 Å². The smallest absolute Gasteiger partial charge is 0.212 e. The molecule has 0 aliphatic heterocycles. The highest BCUT2D eigenvalue weighted by Crippen LogP contribution is 2.29. The third-order valence-corrected chi connectivity index (χ3v) is 3.85. The normalized spacial score (nSPS) is 11.2. The maximum absolute atomic E-state index is 13.0. The van der Waals surface area contributed by atoms with Gasteiger partial charge in [0.15, 0.2) is 0 Å². The molecule has 2 heterocycles. The lowest BCUT2D eigenvalue weighted by Crippen LogP contribution is -1.83. The molecule has 86 valence electrons. The fourth-order valence-corrected chi connectivity index (χ4v) is 2.90. The van der Waals surface area contributed by atoms with Crippen LogP contribution in [0.25, 0.3) is 16.2 Å². The minimum absolute atomic E-state index is 0.268. The molecule has 0 radical (unpaired) electrons. The molecule has 0 bridgehead atoms. The molecule has 0 saturated heterocycles. The van der Waals surface area contributed by atoms with Gasteiger partial charge < -0.3 is 0 Å². The van der Waals surface area contributed by atoms with Gasteiger partial charge in [0.1, 0.15) is 10.8 Å². The van der Waals surface area contributed by atoms with Crippen LogP contribution in [0.1, 0.15) is 5.01 Å². The number of benzene rings is 1. The third-order valence-electron chi connectivity index (χ3n) is 2.35. The molecule has 6 heteroatoms. The molecule has 0 aliphatic carbocycles. The minimum atomic E-state index is -0.268. The van der Waals surface area contributed by atoms with Crippen molar-refractivity contribution in [3.8, 4) is 11.3 Å². The Morgan fingerprint density at radius 3 is 2.94 bits per heavy atom. The molecule has 2 aromatic heterocycles. The first-order chi connectivity index (χ1) is 8.13. The van der Waals surface area contributed by atoms with Gasteiger partial charge in [0.2, 0.25) is 4.96 Å². The topological polar surface area (TPSA) is 30.2 Å². The predicted molar refractivity (Wildman–Crippen MR) is 68.7 cm³/mol. The van der Waals surface area contributed by atoms with E-state index in [4.69, 9.17) is 0 Å². The Hall–Kier alpha value is -1.27. The van der Waals surface area contributed by atoms with Gasteiger partial charge in [0.25, 0.3) is 0 Å². The maximum Gasteiger partial charge on any atom is 0.212 e. The van der Waals surface area contributed by atoms with Gasteiger partial charge >= 0.3 is 0 Å². The summed E-state index contributed by atoms with van der Waals surface area (Å²) in [6, 6.07) is 4.56. The summed E-state index contributed by atoms with van der Waals surface area (Å²) in [6.07, 6.45) is 1.84. The van der Waals surface area contributed by atoms with Gasteiger partial charge in [-0.3, -0.25) is 0 Å². The van der Waals surface area contributed by atoms with Crippen LogP contribution in [0, 0.1) is 12.7 Å². The zero-order chi connectivity index (χ0) is 12.0. The van der Waals surface area contributed by atoms with E-state index < -0.39 is 0 Å². The largest absolute Gasteiger partial charge is 0.217 e. The highest BCUT2D eigenvalue weighted by atomic mass is 79.9. The number of rotatable bonds is 1. The van der Waals surface area contributed by atoms with Gasteiger partial charge in [-0.05, 0) is 41.1 Å². The van der Waals surface area contributed by atoms with E-state index in [0.717, 1.165) is 21.2 Å². The van der Waals surface area contributed by atoms with Crippen molar-refractivity contribution < 1.29 is 4.39 Å². The number of fused-ring (bicyclic) bond motifs is 1. The average Bonchev–Trinajstić information content (AvgIpc) is 2.74. The number of hydrogen-bond donors (Lipinski definition) is 0. The van der Waals surface area contributed by atoms with Crippen molar-refractivity contribution in [2.24, 2.45) is 0 Å². The Bertz CT molecular complexity index is 672. The van der Waals surface area contributed by atoms with E-state index in [-0.39, 0.29) is 5.82 Å². The van der Waals surface area contributed by atoms with Crippen LogP contribution in [0.4, 0.5) is 4.39 Å². The Kier molecular flexibility index (Phi) is 2.48. The third kappa shape index (κ3) is 1.87. The molecule has 0 N–H and O–H groups in total. The van der Waals surface area contributed by atoms with Gasteiger partial charge in [0, 0.05) is 10.0 Å². The molecular formula is C11H7BrFN3S. The average molecular weight is 312 g/mol. The van der Waals surface area contributed by atoms with Crippen LogP contribution in [0.15, 0.2) is 28.9 Å². The maximum atomic E-state index is 13.0. The molecule has 3 nitrogen and oxygen atoms in total. The van der Waals surface area contributed by atoms with Crippen LogP contribution in [-0.4, -0.2) is 14.6 Å². The molecule has 17 heavy (non-hydrogen) atoms. The van der Waals surface area contributed by atoms with Gasteiger partial charge in [0.05, 0.1) is 11.9 Å². The summed E-state index contributed by atoms with van der Waals surface area (Å²) >= 11 is 4.87. The first kappa shape index (κ1) is 10.9. The van der Waals surface area contributed by atoms with Crippen LogP contribution in [0.3, 0.4) is 0 Å². The molecule has 1 aromatic carbocycles. The lowest BCUT2D eigenvalue weighted by Gasteiger charge is -1.99. The van der Waals surface area contributed by atoms with Gasteiger partial charge in [-0.25, -0.2) is 13.9 Å². The van der Waals surface area contributed by atoms with Gasteiger partial charge in [-0.1, -0.05) is 11.3 Å². The zero-order valence-corrected chi connectivity index (χ0v) is 11.2. The second-order valence-corrected chi connectivity index (χ2v) is 5.61. The SMILES string of the molecule is Cc1nn2cc(-c3ccc(F)cc3Br)nc2s1. The molecule has 3 rings (SSSR count). The highest BCUT2D eigenvalue weighted by Gasteiger charge is 2.10. The summed E-state index contributed by atoms with van der Waals surface area (Å²) in [5.41, 5.74) is 1.65. The van der Waals surface area contributed by atoms with E-state index in [1.165, 1.54) is 23.5 Å². The van der Waals surface area contributed by atoms with E-state index in [2.05, 4.69) is 26.0 Å². The lowest BCUT2D eigenvalue weighted by atomic mass is 10.2. The Morgan fingerprint density at radius 2 is 2.24 bits per heavy atom. The molecule has 0 unspecified atom stereocenters. The summed E-state index contributed by atoms with van der Waals surface area (Å²) in [5.74, 6) is -0.268. The Morgan fingerprint density at radius 1 is 1.41 bits per heavy atom. The van der Waals surface area contributed by atoms with E-state index in [1.54, 1.807) is 10.6 Å². The monoisotopic (exact) mass is 311 g/mol. The van der Waals surface area contributed by atoms with Crippen LogP contribution in [0.5, 0.6) is 0 Å². The number of hydrogen-bond acceptors (Lipinski definition) is 3. The summed E-state index contributed by atoms with van der Waals surface area (Å²) in [6.45, 7) is 1.94. The number of aromatic nitrogens is 3. The van der Waals surface area contributed by atoms with Crippen molar-refractivity contribution in [3.63, 3.8) is 0 Å². The second kappa shape index (κ2) is 3.89. The van der Waals surface area contributed by atoms with Crippen molar-refractivity contribution in [1.29, 1.82) is 0 Å². The summed E-state index contributed by atoms with van der Waals surface area (Å²) < 4.78 is 15.4. The standard InChI is InChI=1S/C11H7BrFN3S/c1-6-15-16-5-10(14-11(16)17-6)8-3-2-7(13)4-9(8)12/h2-5H,1H3.